The molecule has 1 amide bonds. The number of amides is 1. The average molecular weight is 265 g/mol. The molecule has 0 bridgehead atoms. The molecule has 0 unspecified atom stereocenters. The zero-order chi connectivity index (χ0) is 13.7. The van der Waals surface area contributed by atoms with Crippen LogP contribution in [-0.4, -0.2) is 30.5 Å². The van der Waals surface area contributed by atoms with Crippen LogP contribution in [-0.2, 0) is 4.79 Å². The Balaban J connectivity index is 1.68. The van der Waals surface area contributed by atoms with Gasteiger partial charge in [0.25, 0.3) is 0 Å². The van der Waals surface area contributed by atoms with Gasteiger partial charge >= 0.3 is 0 Å². The van der Waals surface area contributed by atoms with Gasteiger partial charge in [-0.3, -0.25) is 4.79 Å². The molecule has 104 valence electrons. The Bertz CT molecular complexity index is 428. The molecule has 2 rings (SSSR count). The maximum atomic E-state index is 13.0. The highest BCUT2D eigenvalue weighted by molar-refractivity contribution is 5.73. The standard InChI is InChI=1S/C15H20FNO2/c1-12(18)17-8-5-13(6-9-17)7-10-19-15-4-2-3-14(16)11-15/h2-4,11,13H,5-10H2,1H3. The van der Waals surface area contributed by atoms with Gasteiger partial charge in [0.1, 0.15) is 11.6 Å². The fourth-order valence-electron chi connectivity index (χ4n) is 2.44. The number of piperidine rings is 1. The number of carbonyl (C=O) groups is 1. The molecule has 1 aromatic carbocycles. The summed E-state index contributed by atoms with van der Waals surface area (Å²) >= 11 is 0. The van der Waals surface area contributed by atoms with Gasteiger partial charge in [-0.15, -0.1) is 0 Å². The predicted molar refractivity (Wildman–Crippen MR) is 71.5 cm³/mol. The van der Waals surface area contributed by atoms with E-state index in [-0.39, 0.29) is 11.7 Å². The van der Waals surface area contributed by atoms with E-state index < -0.39 is 0 Å². The summed E-state index contributed by atoms with van der Waals surface area (Å²) in [6, 6.07) is 6.22. The van der Waals surface area contributed by atoms with E-state index in [1.807, 2.05) is 4.90 Å². The summed E-state index contributed by atoms with van der Waals surface area (Å²) in [5.41, 5.74) is 0. The van der Waals surface area contributed by atoms with E-state index in [1.165, 1.54) is 12.1 Å². The second-order valence-corrected chi connectivity index (χ2v) is 5.04. The fourth-order valence-corrected chi connectivity index (χ4v) is 2.44. The summed E-state index contributed by atoms with van der Waals surface area (Å²) in [5.74, 6) is 1.08. The first-order valence-corrected chi connectivity index (χ1v) is 6.79. The smallest absolute Gasteiger partial charge is 0.219 e. The number of carbonyl (C=O) groups excluding carboxylic acids is 1. The molecule has 1 fully saturated rings. The summed E-state index contributed by atoms with van der Waals surface area (Å²) in [6.07, 6.45) is 3.03. The molecule has 19 heavy (non-hydrogen) atoms. The van der Waals surface area contributed by atoms with Crippen molar-refractivity contribution in [2.24, 2.45) is 5.92 Å². The maximum Gasteiger partial charge on any atom is 0.219 e. The molecule has 0 aliphatic carbocycles. The summed E-state index contributed by atoms with van der Waals surface area (Å²) in [5, 5.41) is 0. The lowest BCUT2D eigenvalue weighted by atomic mass is 9.94. The minimum absolute atomic E-state index is 0.162. The van der Waals surface area contributed by atoms with Crippen LogP contribution in [0.1, 0.15) is 26.2 Å². The number of hydrogen-bond acceptors (Lipinski definition) is 2. The van der Waals surface area contributed by atoms with Gasteiger partial charge in [-0.1, -0.05) is 6.07 Å². The molecule has 3 nitrogen and oxygen atoms in total. The molecule has 0 radical (unpaired) electrons. The first-order valence-electron chi connectivity index (χ1n) is 6.79. The third-order valence-electron chi connectivity index (χ3n) is 3.65. The van der Waals surface area contributed by atoms with Crippen LogP contribution < -0.4 is 4.74 Å². The quantitative estimate of drug-likeness (QED) is 0.837. The van der Waals surface area contributed by atoms with Crippen molar-refractivity contribution in [2.75, 3.05) is 19.7 Å². The molecule has 1 aromatic rings. The van der Waals surface area contributed by atoms with E-state index in [1.54, 1.807) is 19.1 Å². The molecule has 0 N–H and O–H groups in total. The zero-order valence-corrected chi connectivity index (χ0v) is 11.3. The van der Waals surface area contributed by atoms with Crippen molar-refractivity contribution in [3.8, 4) is 5.75 Å². The number of rotatable bonds is 4. The first kappa shape index (κ1) is 13.8. The number of hydrogen-bond donors (Lipinski definition) is 0. The third kappa shape index (κ3) is 4.23. The van der Waals surface area contributed by atoms with Crippen molar-refractivity contribution in [1.29, 1.82) is 0 Å². The maximum absolute atomic E-state index is 13.0. The Morgan fingerprint density at radius 1 is 1.42 bits per heavy atom. The van der Waals surface area contributed by atoms with Gasteiger partial charge in [0.15, 0.2) is 0 Å². The van der Waals surface area contributed by atoms with E-state index in [2.05, 4.69) is 0 Å². The van der Waals surface area contributed by atoms with Gasteiger partial charge in [0.2, 0.25) is 5.91 Å². The Labute approximate surface area is 113 Å². The molecule has 1 aliphatic heterocycles. The van der Waals surface area contributed by atoms with E-state index in [9.17, 15) is 9.18 Å². The van der Waals surface area contributed by atoms with Gasteiger partial charge in [-0.2, -0.15) is 0 Å². The normalized spacial score (nSPS) is 16.4. The van der Waals surface area contributed by atoms with Crippen molar-refractivity contribution >= 4 is 5.91 Å². The highest BCUT2D eigenvalue weighted by atomic mass is 19.1. The number of ether oxygens (including phenoxy) is 1. The van der Waals surface area contributed by atoms with Crippen LogP contribution >= 0.6 is 0 Å². The van der Waals surface area contributed by atoms with Crippen molar-refractivity contribution < 1.29 is 13.9 Å². The molecule has 0 atom stereocenters. The third-order valence-corrected chi connectivity index (χ3v) is 3.65. The summed E-state index contributed by atoms with van der Waals surface area (Å²) in [7, 11) is 0. The van der Waals surface area contributed by atoms with E-state index in [0.29, 0.717) is 18.3 Å². The van der Waals surface area contributed by atoms with Crippen molar-refractivity contribution in [3.05, 3.63) is 30.1 Å². The molecule has 1 aliphatic rings. The van der Waals surface area contributed by atoms with E-state index >= 15 is 0 Å². The Hall–Kier alpha value is -1.58. The summed E-state index contributed by atoms with van der Waals surface area (Å²) in [6.45, 7) is 3.92. The van der Waals surface area contributed by atoms with Crippen LogP contribution in [0, 0.1) is 11.7 Å². The molecule has 0 spiro atoms. The second kappa shape index (κ2) is 6.55. The van der Waals surface area contributed by atoms with Gasteiger partial charge in [-0.25, -0.2) is 4.39 Å². The average Bonchev–Trinajstić information content (AvgIpc) is 2.39. The molecule has 1 heterocycles. The van der Waals surface area contributed by atoms with Crippen LogP contribution in [0.4, 0.5) is 4.39 Å². The van der Waals surface area contributed by atoms with Gasteiger partial charge in [0.05, 0.1) is 6.61 Å². The van der Waals surface area contributed by atoms with Gasteiger partial charge < -0.3 is 9.64 Å². The molecule has 0 saturated carbocycles. The molecule has 4 heteroatoms. The minimum Gasteiger partial charge on any atom is -0.493 e. The van der Waals surface area contributed by atoms with Crippen molar-refractivity contribution in [1.82, 2.24) is 4.90 Å². The first-order chi connectivity index (χ1) is 9.15. The zero-order valence-electron chi connectivity index (χ0n) is 11.3. The summed E-state index contributed by atoms with van der Waals surface area (Å²) in [4.78, 5) is 13.1. The minimum atomic E-state index is -0.271. The fraction of sp³-hybridized carbons (Fsp3) is 0.533. The van der Waals surface area contributed by atoms with Crippen LogP contribution in [0.5, 0.6) is 5.75 Å². The Morgan fingerprint density at radius 2 is 2.16 bits per heavy atom. The molecular formula is C15H20FNO2. The van der Waals surface area contributed by atoms with E-state index in [0.717, 1.165) is 32.4 Å². The van der Waals surface area contributed by atoms with Crippen LogP contribution in [0.2, 0.25) is 0 Å². The number of benzene rings is 1. The lowest BCUT2D eigenvalue weighted by Gasteiger charge is -2.31. The Morgan fingerprint density at radius 3 is 2.79 bits per heavy atom. The van der Waals surface area contributed by atoms with Crippen molar-refractivity contribution in [2.45, 2.75) is 26.2 Å². The van der Waals surface area contributed by atoms with Crippen LogP contribution in [0.25, 0.3) is 0 Å². The van der Waals surface area contributed by atoms with Gasteiger partial charge in [0, 0.05) is 26.1 Å². The van der Waals surface area contributed by atoms with Crippen molar-refractivity contribution in [3.63, 3.8) is 0 Å². The van der Waals surface area contributed by atoms with Crippen LogP contribution in [0.15, 0.2) is 24.3 Å². The summed E-state index contributed by atoms with van der Waals surface area (Å²) < 4.78 is 18.5. The van der Waals surface area contributed by atoms with E-state index in [4.69, 9.17) is 4.74 Å². The molecule has 0 aromatic heterocycles. The predicted octanol–water partition coefficient (Wildman–Crippen LogP) is 2.85. The number of nitrogens with zero attached hydrogens (tertiary/aromatic N) is 1. The van der Waals surface area contributed by atoms with Crippen LogP contribution in [0.3, 0.4) is 0 Å². The lowest BCUT2D eigenvalue weighted by molar-refractivity contribution is -0.130. The second-order valence-electron chi connectivity index (χ2n) is 5.04. The molecular weight excluding hydrogens is 245 g/mol. The lowest BCUT2D eigenvalue weighted by Crippen LogP contribution is -2.37. The number of likely N-dealkylation sites (tertiary alicyclic amines) is 1. The topological polar surface area (TPSA) is 29.5 Å². The highest BCUT2D eigenvalue weighted by Gasteiger charge is 2.20. The molecule has 1 saturated heterocycles. The number of halogens is 1. The highest BCUT2D eigenvalue weighted by Crippen LogP contribution is 2.21. The SMILES string of the molecule is CC(=O)N1CCC(CCOc2cccc(F)c2)CC1. The van der Waals surface area contributed by atoms with Gasteiger partial charge in [-0.05, 0) is 37.3 Å². The Kier molecular flexibility index (Phi) is 4.77. The largest absolute Gasteiger partial charge is 0.493 e. The monoisotopic (exact) mass is 265 g/mol.